The molecule has 0 aromatic carbocycles. The van der Waals surface area contributed by atoms with Crippen LogP contribution in [0.2, 0.25) is 0 Å². The van der Waals surface area contributed by atoms with Crippen molar-refractivity contribution in [2.45, 2.75) is 76.5 Å². The zero-order chi connectivity index (χ0) is 27.0. The van der Waals surface area contributed by atoms with E-state index in [2.05, 4.69) is 20.9 Å². The Hall–Kier alpha value is -2.97. The lowest BCUT2D eigenvalue weighted by Gasteiger charge is -2.27. The van der Waals surface area contributed by atoms with E-state index >= 15 is 0 Å². The number of carboxylic acids is 1. The van der Waals surface area contributed by atoms with E-state index in [1.807, 2.05) is 0 Å². The van der Waals surface area contributed by atoms with Gasteiger partial charge in [-0.05, 0) is 38.1 Å². The number of amides is 3. The van der Waals surface area contributed by atoms with Crippen LogP contribution in [0.4, 0.5) is 0 Å². The molecule has 0 aromatic rings. The Bertz CT molecular complexity index is 716. The molecule has 0 radical (unpaired) electrons. The van der Waals surface area contributed by atoms with Crippen molar-refractivity contribution in [3.63, 3.8) is 0 Å². The minimum Gasteiger partial charge on any atom is -0.480 e. The number of nitrogens with zero attached hydrogens (tertiary/aromatic N) is 1. The van der Waals surface area contributed by atoms with Crippen LogP contribution >= 0.6 is 0 Å². The minimum atomic E-state index is -1.34. The number of aliphatic carboxylic acids is 1. The molecule has 202 valence electrons. The van der Waals surface area contributed by atoms with Gasteiger partial charge in [-0.1, -0.05) is 26.7 Å². The number of nitrogens with one attached hydrogen (secondary N) is 3. The zero-order valence-corrected chi connectivity index (χ0v) is 20.5. The van der Waals surface area contributed by atoms with Crippen molar-refractivity contribution in [3.8, 4) is 0 Å². The molecule has 5 atom stereocenters. The third kappa shape index (κ3) is 12.9. The molecule has 0 aliphatic rings. The second kappa shape index (κ2) is 17.5. The number of aliphatic imine (C=N–C) groups is 1. The van der Waals surface area contributed by atoms with Gasteiger partial charge in [-0.2, -0.15) is 0 Å². The second-order valence-electron chi connectivity index (χ2n) is 8.35. The lowest BCUT2D eigenvalue weighted by Crippen LogP contribution is -2.59. The summed E-state index contributed by atoms with van der Waals surface area (Å²) in [4.78, 5) is 53.3. The van der Waals surface area contributed by atoms with Gasteiger partial charge in [-0.25, -0.2) is 4.79 Å². The zero-order valence-electron chi connectivity index (χ0n) is 20.5. The molecule has 0 aliphatic carbocycles. The second-order valence-corrected chi connectivity index (χ2v) is 8.35. The van der Waals surface area contributed by atoms with Gasteiger partial charge in [0, 0.05) is 6.54 Å². The maximum Gasteiger partial charge on any atom is 0.326 e. The van der Waals surface area contributed by atoms with Gasteiger partial charge >= 0.3 is 5.97 Å². The van der Waals surface area contributed by atoms with Crippen LogP contribution in [-0.4, -0.2) is 83.7 Å². The summed E-state index contributed by atoms with van der Waals surface area (Å²) in [6.45, 7) is 3.45. The van der Waals surface area contributed by atoms with E-state index in [1.165, 1.54) is 0 Å². The van der Waals surface area contributed by atoms with Crippen LogP contribution in [0.3, 0.4) is 0 Å². The highest BCUT2D eigenvalue weighted by molar-refractivity contribution is 5.94. The van der Waals surface area contributed by atoms with Crippen LogP contribution in [0.15, 0.2) is 4.99 Å². The molecule has 3 amide bonds. The number of nitrogens with two attached hydrogens (primary N) is 4. The molecule has 0 unspecified atom stereocenters. The fourth-order valence-corrected chi connectivity index (χ4v) is 3.09. The summed E-state index contributed by atoms with van der Waals surface area (Å²) in [6, 6.07) is -4.54. The van der Waals surface area contributed by atoms with Crippen LogP contribution in [0.1, 0.15) is 52.4 Å². The Morgan fingerprint density at radius 2 is 1.54 bits per heavy atom. The van der Waals surface area contributed by atoms with Gasteiger partial charge in [0.15, 0.2) is 5.96 Å². The highest BCUT2D eigenvalue weighted by Gasteiger charge is 2.32. The largest absolute Gasteiger partial charge is 0.480 e. The number of hydrogen-bond acceptors (Lipinski definition) is 8. The standard InChI is InChI=1S/C21H42N8O6/c1-3-12(2)16(19(33)27-14(20(34)35)8-6-10-26-21(24)25)29-18(32)15(11-30)28-17(31)13(23)7-4-5-9-22/h12-16,30H,3-11,22-23H2,1-2H3,(H,27,33)(H,28,31)(H,29,32)(H,34,35)(H4,24,25,26)/t12-,13-,14-,15-,16-/m0/s1. The molecular formula is C21H42N8O6. The number of carbonyl (C=O) groups excluding carboxylic acids is 3. The Labute approximate surface area is 205 Å². The molecule has 0 rings (SSSR count). The fraction of sp³-hybridized carbons (Fsp3) is 0.762. The molecule has 0 spiro atoms. The maximum atomic E-state index is 12.9. The van der Waals surface area contributed by atoms with Gasteiger partial charge in [-0.3, -0.25) is 19.4 Å². The van der Waals surface area contributed by atoms with E-state index in [0.29, 0.717) is 38.6 Å². The van der Waals surface area contributed by atoms with Gasteiger partial charge < -0.3 is 49.1 Å². The first-order valence-corrected chi connectivity index (χ1v) is 11.7. The molecule has 13 N–H and O–H groups in total. The topological polar surface area (TPSA) is 261 Å². The van der Waals surface area contributed by atoms with E-state index in [1.54, 1.807) is 13.8 Å². The van der Waals surface area contributed by atoms with Crippen molar-refractivity contribution in [1.29, 1.82) is 0 Å². The monoisotopic (exact) mass is 502 g/mol. The van der Waals surface area contributed by atoms with Gasteiger partial charge in [0.05, 0.1) is 12.6 Å². The average Bonchev–Trinajstić information content (AvgIpc) is 2.81. The molecule has 14 heteroatoms. The third-order valence-electron chi connectivity index (χ3n) is 5.47. The smallest absolute Gasteiger partial charge is 0.326 e. The number of aliphatic hydroxyl groups is 1. The molecular weight excluding hydrogens is 460 g/mol. The summed E-state index contributed by atoms with van der Waals surface area (Å²) in [6.07, 6.45) is 2.55. The first-order valence-electron chi connectivity index (χ1n) is 11.7. The number of rotatable bonds is 18. The Kier molecular flexibility index (Phi) is 16.0. The minimum absolute atomic E-state index is 0.0659. The Balaban J connectivity index is 5.22. The quantitative estimate of drug-likeness (QED) is 0.0523. The van der Waals surface area contributed by atoms with Gasteiger partial charge in [0.25, 0.3) is 0 Å². The number of carboxylic acid groups (broad SMARTS) is 1. The summed E-state index contributed by atoms with van der Waals surface area (Å²) in [5.41, 5.74) is 21.7. The summed E-state index contributed by atoms with van der Waals surface area (Å²) in [7, 11) is 0. The molecule has 0 bridgehead atoms. The molecule has 0 aliphatic heterocycles. The molecule has 35 heavy (non-hydrogen) atoms. The van der Waals surface area contributed by atoms with Crippen molar-refractivity contribution in [1.82, 2.24) is 16.0 Å². The number of aliphatic hydroxyl groups excluding tert-OH is 1. The van der Waals surface area contributed by atoms with Crippen molar-refractivity contribution in [3.05, 3.63) is 0 Å². The predicted molar refractivity (Wildman–Crippen MR) is 131 cm³/mol. The Morgan fingerprint density at radius 3 is 2.06 bits per heavy atom. The number of guanidine groups is 1. The highest BCUT2D eigenvalue weighted by Crippen LogP contribution is 2.10. The van der Waals surface area contributed by atoms with E-state index in [4.69, 9.17) is 22.9 Å². The van der Waals surface area contributed by atoms with Crippen LogP contribution in [0.25, 0.3) is 0 Å². The van der Waals surface area contributed by atoms with Gasteiger partial charge in [0.2, 0.25) is 17.7 Å². The molecule has 0 fully saturated rings. The van der Waals surface area contributed by atoms with Crippen molar-refractivity contribution in [2.24, 2.45) is 33.8 Å². The summed E-state index contributed by atoms with van der Waals surface area (Å²) in [5, 5.41) is 26.4. The summed E-state index contributed by atoms with van der Waals surface area (Å²) in [5.74, 6) is -3.86. The lowest BCUT2D eigenvalue weighted by atomic mass is 9.97. The van der Waals surface area contributed by atoms with Crippen LogP contribution in [-0.2, 0) is 19.2 Å². The average molecular weight is 503 g/mol. The first-order chi connectivity index (χ1) is 16.5. The van der Waals surface area contributed by atoms with Crippen LogP contribution < -0.4 is 38.9 Å². The summed E-state index contributed by atoms with van der Waals surface area (Å²) < 4.78 is 0. The van der Waals surface area contributed by atoms with E-state index in [9.17, 15) is 29.4 Å². The molecule has 14 nitrogen and oxygen atoms in total. The summed E-state index contributed by atoms with van der Waals surface area (Å²) >= 11 is 0. The van der Waals surface area contributed by atoms with Crippen LogP contribution in [0.5, 0.6) is 0 Å². The van der Waals surface area contributed by atoms with Crippen molar-refractivity contribution >= 4 is 29.7 Å². The normalized spacial score (nSPS) is 15.1. The number of hydrogen-bond donors (Lipinski definition) is 9. The molecule has 0 heterocycles. The number of unbranched alkanes of at least 4 members (excludes halogenated alkanes) is 1. The third-order valence-corrected chi connectivity index (χ3v) is 5.47. The highest BCUT2D eigenvalue weighted by atomic mass is 16.4. The lowest BCUT2D eigenvalue weighted by molar-refractivity contribution is -0.143. The molecule has 0 aromatic heterocycles. The fourth-order valence-electron chi connectivity index (χ4n) is 3.09. The number of carbonyl (C=O) groups is 4. The maximum absolute atomic E-state index is 12.9. The van der Waals surface area contributed by atoms with Crippen LogP contribution in [0, 0.1) is 5.92 Å². The SMILES string of the molecule is CC[C@H](C)[C@H](NC(=O)[C@H](CO)NC(=O)[C@@H](N)CCCCN)C(=O)N[C@@H](CCCN=C(N)N)C(=O)O. The van der Waals surface area contributed by atoms with Gasteiger partial charge in [-0.15, -0.1) is 0 Å². The van der Waals surface area contributed by atoms with Crippen molar-refractivity contribution < 1.29 is 29.4 Å². The van der Waals surface area contributed by atoms with Crippen molar-refractivity contribution in [2.75, 3.05) is 19.7 Å². The van der Waals surface area contributed by atoms with E-state index in [-0.39, 0.29) is 24.8 Å². The first kappa shape index (κ1) is 32.0. The van der Waals surface area contributed by atoms with E-state index in [0.717, 1.165) is 0 Å². The molecule has 0 saturated heterocycles. The predicted octanol–water partition coefficient (Wildman–Crippen LogP) is -2.93. The Morgan fingerprint density at radius 1 is 0.914 bits per heavy atom. The van der Waals surface area contributed by atoms with E-state index < -0.39 is 54.5 Å². The molecule has 0 saturated carbocycles. The van der Waals surface area contributed by atoms with Gasteiger partial charge in [0.1, 0.15) is 18.1 Å².